The number of rotatable bonds is 4. The molecule has 1 aromatic carbocycles. The molecule has 3 heteroatoms. The van der Waals surface area contributed by atoms with Crippen LogP contribution in [0.4, 0.5) is 5.69 Å². The highest BCUT2D eigenvalue weighted by Gasteiger charge is 2.00. The molecular formula is C13H15NOS. The van der Waals surface area contributed by atoms with Crippen LogP contribution in [0.15, 0.2) is 35.0 Å². The largest absolute Gasteiger partial charge is 0.497 e. The maximum atomic E-state index is 5.18. The molecule has 0 atom stereocenters. The molecule has 0 aliphatic rings. The van der Waals surface area contributed by atoms with Crippen LogP contribution in [0.5, 0.6) is 5.75 Å². The highest BCUT2D eigenvalue weighted by Crippen LogP contribution is 2.19. The van der Waals surface area contributed by atoms with E-state index in [0.717, 1.165) is 12.3 Å². The summed E-state index contributed by atoms with van der Waals surface area (Å²) in [7, 11) is 1.69. The molecule has 2 nitrogen and oxygen atoms in total. The van der Waals surface area contributed by atoms with Crippen LogP contribution in [-0.4, -0.2) is 7.11 Å². The lowest BCUT2D eigenvalue weighted by Gasteiger charge is -2.09. The van der Waals surface area contributed by atoms with E-state index in [-0.39, 0.29) is 0 Å². The van der Waals surface area contributed by atoms with Gasteiger partial charge in [-0.1, -0.05) is 6.07 Å². The summed E-state index contributed by atoms with van der Waals surface area (Å²) in [6.07, 6.45) is 0. The third-order valence-corrected chi connectivity index (χ3v) is 3.24. The van der Waals surface area contributed by atoms with E-state index in [1.54, 1.807) is 18.4 Å². The lowest BCUT2D eigenvalue weighted by atomic mass is 10.1. The Morgan fingerprint density at radius 2 is 2.19 bits per heavy atom. The van der Waals surface area contributed by atoms with Crippen molar-refractivity contribution in [3.8, 4) is 5.75 Å². The summed E-state index contributed by atoms with van der Waals surface area (Å²) >= 11 is 1.70. The maximum Gasteiger partial charge on any atom is 0.119 e. The highest BCUT2D eigenvalue weighted by molar-refractivity contribution is 7.08. The number of hydrogen-bond acceptors (Lipinski definition) is 3. The SMILES string of the molecule is COc1ccc(CNc2ccsc2)c(C)c1. The number of aryl methyl sites for hydroxylation is 1. The predicted molar refractivity (Wildman–Crippen MR) is 69.4 cm³/mol. The molecule has 0 saturated heterocycles. The van der Waals surface area contributed by atoms with E-state index >= 15 is 0 Å². The zero-order chi connectivity index (χ0) is 11.4. The smallest absolute Gasteiger partial charge is 0.119 e. The lowest BCUT2D eigenvalue weighted by molar-refractivity contribution is 0.414. The number of anilines is 1. The van der Waals surface area contributed by atoms with Gasteiger partial charge in [0, 0.05) is 17.6 Å². The number of thiophene rings is 1. The fourth-order valence-electron chi connectivity index (χ4n) is 1.56. The van der Waals surface area contributed by atoms with Crippen LogP contribution in [0, 0.1) is 6.92 Å². The quantitative estimate of drug-likeness (QED) is 0.869. The number of benzene rings is 1. The van der Waals surface area contributed by atoms with Gasteiger partial charge in [0.05, 0.1) is 7.11 Å². The van der Waals surface area contributed by atoms with Crippen LogP contribution < -0.4 is 10.1 Å². The molecule has 0 unspecified atom stereocenters. The average Bonchev–Trinajstić information content (AvgIpc) is 2.80. The van der Waals surface area contributed by atoms with Gasteiger partial charge < -0.3 is 10.1 Å². The Kier molecular flexibility index (Phi) is 3.47. The van der Waals surface area contributed by atoms with Gasteiger partial charge in [-0.2, -0.15) is 11.3 Å². The Bertz CT molecular complexity index is 451. The van der Waals surface area contributed by atoms with E-state index in [1.165, 1.54) is 16.8 Å². The van der Waals surface area contributed by atoms with Gasteiger partial charge in [-0.25, -0.2) is 0 Å². The first-order valence-electron chi connectivity index (χ1n) is 5.19. The van der Waals surface area contributed by atoms with Gasteiger partial charge in [0.15, 0.2) is 0 Å². The third kappa shape index (κ3) is 2.55. The molecule has 0 spiro atoms. The van der Waals surface area contributed by atoms with E-state index < -0.39 is 0 Å². The molecule has 0 saturated carbocycles. The molecular weight excluding hydrogens is 218 g/mol. The Morgan fingerprint density at radius 1 is 1.31 bits per heavy atom. The van der Waals surface area contributed by atoms with E-state index in [4.69, 9.17) is 4.74 Å². The maximum absolute atomic E-state index is 5.18. The normalized spacial score (nSPS) is 10.1. The molecule has 1 N–H and O–H groups in total. The summed E-state index contributed by atoms with van der Waals surface area (Å²) in [4.78, 5) is 0. The van der Waals surface area contributed by atoms with E-state index in [9.17, 15) is 0 Å². The van der Waals surface area contributed by atoms with Gasteiger partial charge in [-0.05, 0) is 41.6 Å². The van der Waals surface area contributed by atoms with Gasteiger partial charge in [0.2, 0.25) is 0 Å². The number of nitrogens with one attached hydrogen (secondary N) is 1. The second-order valence-corrected chi connectivity index (χ2v) is 4.44. The molecule has 0 amide bonds. The van der Waals surface area contributed by atoms with Gasteiger partial charge >= 0.3 is 0 Å². The van der Waals surface area contributed by atoms with Crippen LogP contribution in [0.3, 0.4) is 0 Å². The lowest BCUT2D eigenvalue weighted by Crippen LogP contribution is -2.00. The highest BCUT2D eigenvalue weighted by atomic mass is 32.1. The summed E-state index contributed by atoms with van der Waals surface area (Å²) in [5, 5.41) is 7.57. The standard InChI is InChI=1S/C13H15NOS/c1-10-7-13(15-2)4-3-11(10)8-14-12-5-6-16-9-12/h3-7,9,14H,8H2,1-2H3. The minimum Gasteiger partial charge on any atom is -0.497 e. The molecule has 2 rings (SSSR count). The number of ether oxygens (including phenoxy) is 1. The van der Waals surface area contributed by atoms with Crippen LogP contribution in [0.2, 0.25) is 0 Å². The molecule has 0 aliphatic carbocycles. The molecule has 2 aromatic rings. The zero-order valence-corrected chi connectivity index (χ0v) is 10.3. The molecule has 0 radical (unpaired) electrons. The molecule has 0 bridgehead atoms. The van der Waals surface area contributed by atoms with Gasteiger partial charge in [0.25, 0.3) is 0 Å². The topological polar surface area (TPSA) is 21.3 Å². The Labute approximate surface area is 99.9 Å². The first-order valence-corrected chi connectivity index (χ1v) is 6.13. The van der Waals surface area contributed by atoms with Crippen molar-refractivity contribution in [2.24, 2.45) is 0 Å². The predicted octanol–water partition coefficient (Wildman–Crippen LogP) is 3.68. The molecule has 0 fully saturated rings. The Hall–Kier alpha value is -1.48. The van der Waals surface area contributed by atoms with Crippen molar-refractivity contribution in [2.75, 3.05) is 12.4 Å². The van der Waals surface area contributed by atoms with E-state index in [2.05, 4.69) is 41.2 Å². The summed E-state index contributed by atoms with van der Waals surface area (Å²) in [5.41, 5.74) is 3.73. The van der Waals surface area contributed by atoms with Gasteiger partial charge in [-0.15, -0.1) is 0 Å². The summed E-state index contributed by atoms with van der Waals surface area (Å²) < 4.78 is 5.18. The van der Waals surface area contributed by atoms with Crippen molar-refractivity contribution in [1.29, 1.82) is 0 Å². The summed E-state index contributed by atoms with van der Waals surface area (Å²) in [6, 6.07) is 8.25. The van der Waals surface area contributed by atoms with Crippen molar-refractivity contribution < 1.29 is 4.74 Å². The van der Waals surface area contributed by atoms with Crippen LogP contribution in [0.25, 0.3) is 0 Å². The Morgan fingerprint density at radius 3 is 2.81 bits per heavy atom. The van der Waals surface area contributed by atoms with E-state index in [1.807, 2.05) is 6.07 Å². The van der Waals surface area contributed by atoms with Gasteiger partial charge in [-0.3, -0.25) is 0 Å². The van der Waals surface area contributed by atoms with Crippen LogP contribution in [0.1, 0.15) is 11.1 Å². The molecule has 1 heterocycles. The molecule has 16 heavy (non-hydrogen) atoms. The summed E-state index contributed by atoms with van der Waals surface area (Å²) in [6.45, 7) is 2.96. The second-order valence-electron chi connectivity index (χ2n) is 3.66. The first kappa shape index (κ1) is 11.0. The Balaban J connectivity index is 2.04. The molecule has 0 aliphatic heterocycles. The minimum absolute atomic E-state index is 0.854. The van der Waals surface area contributed by atoms with Crippen molar-refractivity contribution in [3.05, 3.63) is 46.2 Å². The van der Waals surface area contributed by atoms with Crippen LogP contribution in [-0.2, 0) is 6.54 Å². The third-order valence-electron chi connectivity index (χ3n) is 2.55. The summed E-state index contributed by atoms with van der Waals surface area (Å²) in [5.74, 6) is 0.914. The minimum atomic E-state index is 0.854. The average molecular weight is 233 g/mol. The molecule has 84 valence electrons. The fourth-order valence-corrected chi connectivity index (χ4v) is 2.17. The molecule has 1 aromatic heterocycles. The monoisotopic (exact) mass is 233 g/mol. The first-order chi connectivity index (χ1) is 7.79. The van der Waals surface area contributed by atoms with Crippen LogP contribution >= 0.6 is 11.3 Å². The number of hydrogen-bond donors (Lipinski definition) is 1. The van der Waals surface area contributed by atoms with E-state index in [0.29, 0.717) is 0 Å². The fraction of sp³-hybridized carbons (Fsp3) is 0.231. The van der Waals surface area contributed by atoms with Crippen molar-refractivity contribution in [1.82, 2.24) is 0 Å². The van der Waals surface area contributed by atoms with Gasteiger partial charge in [0.1, 0.15) is 5.75 Å². The van der Waals surface area contributed by atoms with Crippen molar-refractivity contribution in [2.45, 2.75) is 13.5 Å². The second kappa shape index (κ2) is 5.03. The number of methoxy groups -OCH3 is 1. The van der Waals surface area contributed by atoms with Crippen molar-refractivity contribution >= 4 is 17.0 Å². The zero-order valence-electron chi connectivity index (χ0n) is 9.49. The van der Waals surface area contributed by atoms with Crippen molar-refractivity contribution in [3.63, 3.8) is 0 Å².